The molecule has 0 bridgehead atoms. The first kappa shape index (κ1) is 16.9. The minimum absolute atomic E-state index is 0.190. The fourth-order valence-corrected chi connectivity index (χ4v) is 4.92. The Morgan fingerprint density at radius 1 is 1.22 bits per heavy atom. The highest BCUT2D eigenvalue weighted by Crippen LogP contribution is 2.47. The van der Waals surface area contributed by atoms with E-state index in [9.17, 15) is 9.90 Å². The molecule has 2 heterocycles. The summed E-state index contributed by atoms with van der Waals surface area (Å²) < 4.78 is 0. The minimum Gasteiger partial charge on any atom is -0.389 e. The summed E-state index contributed by atoms with van der Waals surface area (Å²) in [6.45, 7) is 2.48. The molecule has 1 aromatic heterocycles. The van der Waals surface area contributed by atoms with Crippen LogP contribution < -0.4 is 0 Å². The average Bonchev–Trinajstić information content (AvgIpc) is 3.05. The molecule has 1 saturated carbocycles. The SMILES string of the molecule is CN(C)CC1(O)CCC2(CCN(C(=O)c3cccs3)CC2)CC1. The van der Waals surface area contributed by atoms with E-state index in [0.717, 1.165) is 63.0 Å². The lowest BCUT2D eigenvalue weighted by Crippen LogP contribution is -2.49. The molecular weight excluding hydrogens is 308 g/mol. The number of hydrogen-bond donors (Lipinski definition) is 1. The molecule has 0 radical (unpaired) electrons. The first-order chi connectivity index (χ1) is 10.9. The van der Waals surface area contributed by atoms with Crippen molar-refractivity contribution in [1.82, 2.24) is 9.80 Å². The van der Waals surface area contributed by atoms with Crippen molar-refractivity contribution in [2.75, 3.05) is 33.7 Å². The molecule has 0 aromatic carbocycles. The van der Waals surface area contributed by atoms with Gasteiger partial charge in [-0.2, -0.15) is 0 Å². The van der Waals surface area contributed by atoms with Crippen molar-refractivity contribution >= 4 is 17.2 Å². The van der Waals surface area contributed by atoms with Gasteiger partial charge in [-0.1, -0.05) is 6.07 Å². The van der Waals surface area contributed by atoms with Crippen molar-refractivity contribution in [3.63, 3.8) is 0 Å². The summed E-state index contributed by atoms with van der Waals surface area (Å²) in [5, 5.41) is 12.7. The zero-order valence-electron chi connectivity index (χ0n) is 14.3. The van der Waals surface area contributed by atoms with Crippen LogP contribution in [0.3, 0.4) is 0 Å². The summed E-state index contributed by atoms with van der Waals surface area (Å²) >= 11 is 1.53. The largest absolute Gasteiger partial charge is 0.389 e. The molecule has 1 aliphatic carbocycles. The zero-order chi connectivity index (χ0) is 16.5. The van der Waals surface area contributed by atoms with Crippen molar-refractivity contribution in [1.29, 1.82) is 0 Å². The molecule has 2 fully saturated rings. The summed E-state index contributed by atoms with van der Waals surface area (Å²) in [6.07, 6.45) is 6.15. The summed E-state index contributed by atoms with van der Waals surface area (Å²) in [4.78, 5) is 17.4. The van der Waals surface area contributed by atoms with Gasteiger partial charge in [0.2, 0.25) is 0 Å². The molecule has 5 heteroatoms. The maximum atomic E-state index is 12.4. The standard InChI is InChI=1S/C18H28N2O2S/c1-19(2)14-18(22)7-5-17(6-8-18)9-11-20(12-10-17)16(21)15-4-3-13-23-15/h3-4,13,22H,5-12,14H2,1-2H3. The third-order valence-corrected chi connectivity index (χ3v) is 6.55. The van der Waals surface area contributed by atoms with Gasteiger partial charge < -0.3 is 14.9 Å². The van der Waals surface area contributed by atoms with Crippen LogP contribution in [0.5, 0.6) is 0 Å². The highest BCUT2D eigenvalue weighted by molar-refractivity contribution is 7.12. The summed E-state index contributed by atoms with van der Waals surface area (Å²) in [5.74, 6) is 0.190. The topological polar surface area (TPSA) is 43.8 Å². The molecule has 1 aromatic rings. The fraction of sp³-hybridized carbons (Fsp3) is 0.722. The number of amides is 1. The smallest absolute Gasteiger partial charge is 0.263 e. The number of likely N-dealkylation sites (N-methyl/N-ethyl adjacent to an activating group) is 1. The Morgan fingerprint density at radius 2 is 1.87 bits per heavy atom. The number of nitrogens with zero attached hydrogens (tertiary/aromatic N) is 2. The average molecular weight is 337 g/mol. The first-order valence-electron chi connectivity index (χ1n) is 8.61. The maximum absolute atomic E-state index is 12.4. The Kier molecular flexibility index (Phi) is 4.81. The molecule has 3 rings (SSSR count). The third-order valence-electron chi connectivity index (χ3n) is 5.70. The van der Waals surface area contributed by atoms with Crippen LogP contribution in [-0.2, 0) is 0 Å². The lowest BCUT2D eigenvalue weighted by atomic mass is 9.64. The van der Waals surface area contributed by atoms with E-state index in [1.165, 1.54) is 11.3 Å². The molecule has 4 nitrogen and oxygen atoms in total. The van der Waals surface area contributed by atoms with Crippen molar-refractivity contribution in [2.45, 2.75) is 44.1 Å². The minimum atomic E-state index is -0.515. The second-order valence-corrected chi connectivity index (χ2v) is 8.68. The number of likely N-dealkylation sites (tertiary alicyclic amines) is 1. The van der Waals surface area contributed by atoms with Crippen molar-refractivity contribution in [3.8, 4) is 0 Å². The molecular formula is C18H28N2O2S. The predicted octanol–water partition coefficient (Wildman–Crippen LogP) is 2.84. The van der Waals surface area contributed by atoms with Gasteiger partial charge in [-0.3, -0.25) is 4.79 Å². The summed E-state index contributed by atoms with van der Waals surface area (Å²) in [5.41, 5.74) is -0.163. The highest BCUT2D eigenvalue weighted by Gasteiger charge is 2.43. The fourth-order valence-electron chi connectivity index (χ4n) is 4.23. The van der Waals surface area contributed by atoms with E-state index in [-0.39, 0.29) is 5.91 Å². The Morgan fingerprint density at radius 3 is 2.39 bits per heavy atom. The maximum Gasteiger partial charge on any atom is 0.263 e. The van der Waals surface area contributed by atoms with Gasteiger partial charge in [0.25, 0.3) is 5.91 Å². The van der Waals surface area contributed by atoms with E-state index in [0.29, 0.717) is 5.41 Å². The van der Waals surface area contributed by atoms with Gasteiger partial charge in [0.15, 0.2) is 0 Å². The van der Waals surface area contributed by atoms with Crippen LogP contribution in [-0.4, -0.2) is 60.1 Å². The van der Waals surface area contributed by atoms with Crippen LogP contribution in [0.2, 0.25) is 0 Å². The number of carbonyl (C=O) groups excluding carboxylic acids is 1. The monoisotopic (exact) mass is 336 g/mol. The summed E-state index contributed by atoms with van der Waals surface area (Å²) in [6, 6.07) is 3.86. The molecule has 0 unspecified atom stereocenters. The molecule has 1 aliphatic heterocycles. The van der Waals surface area contributed by atoms with E-state index >= 15 is 0 Å². The van der Waals surface area contributed by atoms with Gasteiger partial charge in [0, 0.05) is 19.6 Å². The van der Waals surface area contributed by atoms with E-state index in [4.69, 9.17) is 0 Å². The number of carbonyl (C=O) groups is 1. The van der Waals surface area contributed by atoms with Crippen LogP contribution in [0.25, 0.3) is 0 Å². The molecule has 0 atom stereocenters. The van der Waals surface area contributed by atoms with Crippen molar-refractivity contribution in [2.24, 2.45) is 5.41 Å². The number of rotatable bonds is 3. The molecule has 128 valence electrons. The Hall–Kier alpha value is -0.910. The Bertz CT molecular complexity index is 523. The number of hydrogen-bond acceptors (Lipinski definition) is 4. The van der Waals surface area contributed by atoms with Gasteiger partial charge >= 0.3 is 0 Å². The molecule has 2 aliphatic rings. The quantitative estimate of drug-likeness (QED) is 0.923. The summed E-state index contributed by atoms with van der Waals surface area (Å²) in [7, 11) is 4.05. The van der Waals surface area contributed by atoms with Crippen LogP contribution in [0.4, 0.5) is 0 Å². The number of piperidine rings is 1. The van der Waals surface area contributed by atoms with Gasteiger partial charge in [-0.05, 0) is 69.5 Å². The van der Waals surface area contributed by atoms with Crippen LogP contribution in [0, 0.1) is 5.41 Å². The van der Waals surface area contributed by atoms with Gasteiger partial charge in [0.1, 0.15) is 0 Å². The predicted molar refractivity (Wildman–Crippen MR) is 93.9 cm³/mol. The number of thiophene rings is 1. The van der Waals surface area contributed by atoms with Crippen LogP contribution in [0.1, 0.15) is 48.2 Å². The molecule has 1 N–H and O–H groups in total. The Labute approximate surface area is 143 Å². The molecule has 1 spiro atoms. The van der Waals surface area contributed by atoms with Gasteiger partial charge in [-0.15, -0.1) is 11.3 Å². The second-order valence-electron chi connectivity index (χ2n) is 7.73. The van der Waals surface area contributed by atoms with E-state index in [2.05, 4.69) is 4.90 Å². The third kappa shape index (κ3) is 3.78. The lowest BCUT2D eigenvalue weighted by Gasteiger charge is -2.48. The number of aliphatic hydroxyl groups is 1. The lowest BCUT2D eigenvalue weighted by molar-refractivity contribution is -0.0615. The van der Waals surface area contributed by atoms with Gasteiger partial charge in [0.05, 0.1) is 10.5 Å². The zero-order valence-corrected chi connectivity index (χ0v) is 15.1. The van der Waals surface area contributed by atoms with Crippen molar-refractivity contribution in [3.05, 3.63) is 22.4 Å². The second kappa shape index (κ2) is 6.54. The van der Waals surface area contributed by atoms with E-state index in [1.54, 1.807) is 0 Å². The van der Waals surface area contributed by atoms with Crippen LogP contribution in [0.15, 0.2) is 17.5 Å². The van der Waals surface area contributed by atoms with Gasteiger partial charge in [-0.25, -0.2) is 0 Å². The van der Waals surface area contributed by atoms with Crippen molar-refractivity contribution < 1.29 is 9.90 Å². The normalized spacial score (nSPS) is 23.4. The van der Waals surface area contributed by atoms with Crippen LogP contribution >= 0.6 is 11.3 Å². The first-order valence-corrected chi connectivity index (χ1v) is 9.49. The van der Waals surface area contributed by atoms with E-state index in [1.807, 2.05) is 36.5 Å². The highest BCUT2D eigenvalue weighted by atomic mass is 32.1. The molecule has 23 heavy (non-hydrogen) atoms. The molecule has 1 saturated heterocycles. The Balaban J connectivity index is 1.54. The van der Waals surface area contributed by atoms with E-state index < -0.39 is 5.60 Å². The molecule has 1 amide bonds.